The molecule has 0 aromatic heterocycles. The maximum Gasteiger partial charge on any atom is 0.233 e. The van der Waals surface area contributed by atoms with Gasteiger partial charge in [-0.25, -0.2) is 0 Å². The predicted octanol–water partition coefficient (Wildman–Crippen LogP) is 0.381. The molecule has 1 N–H and O–H groups in total. The predicted molar refractivity (Wildman–Crippen MR) is 53.7 cm³/mol. The van der Waals surface area contributed by atoms with Crippen molar-refractivity contribution in [3.63, 3.8) is 0 Å². The van der Waals surface area contributed by atoms with Crippen LogP contribution in [-0.2, 0) is 9.59 Å². The number of rotatable bonds is 3. The molecule has 0 spiro atoms. The number of amides is 2. The van der Waals surface area contributed by atoms with E-state index in [-0.39, 0.29) is 17.7 Å². The lowest BCUT2D eigenvalue weighted by molar-refractivity contribution is -0.145. The van der Waals surface area contributed by atoms with E-state index in [0.29, 0.717) is 13.0 Å². The third kappa shape index (κ3) is 2.54. The van der Waals surface area contributed by atoms with Gasteiger partial charge >= 0.3 is 0 Å². The van der Waals surface area contributed by atoms with E-state index in [1.807, 2.05) is 6.92 Å². The summed E-state index contributed by atoms with van der Waals surface area (Å²) in [5.74, 6) is -0.0985. The van der Waals surface area contributed by atoms with E-state index in [4.69, 9.17) is 0 Å². The standard InChI is InChI=1S/C10H18N2O2/c1-3-4-9(13)12(2)10(14)8-5-6-11-7-8/h8,11H,3-7H2,1-2H3. The van der Waals surface area contributed by atoms with Gasteiger partial charge in [0.05, 0.1) is 5.92 Å². The van der Waals surface area contributed by atoms with Crippen LogP contribution in [0.3, 0.4) is 0 Å². The zero-order chi connectivity index (χ0) is 10.6. The highest BCUT2D eigenvalue weighted by Crippen LogP contribution is 2.11. The van der Waals surface area contributed by atoms with Gasteiger partial charge in [-0.2, -0.15) is 0 Å². The molecule has 14 heavy (non-hydrogen) atoms. The van der Waals surface area contributed by atoms with Crippen molar-refractivity contribution in [1.82, 2.24) is 10.2 Å². The number of nitrogens with one attached hydrogen (secondary N) is 1. The summed E-state index contributed by atoms with van der Waals surface area (Å²) in [6.45, 7) is 3.53. The summed E-state index contributed by atoms with van der Waals surface area (Å²) in [5.41, 5.74) is 0. The summed E-state index contributed by atoms with van der Waals surface area (Å²) in [4.78, 5) is 24.4. The van der Waals surface area contributed by atoms with Crippen LogP contribution >= 0.6 is 0 Å². The van der Waals surface area contributed by atoms with Gasteiger partial charge in [-0.1, -0.05) is 6.92 Å². The van der Waals surface area contributed by atoms with Crippen LogP contribution in [0.25, 0.3) is 0 Å². The quantitative estimate of drug-likeness (QED) is 0.713. The Bertz CT molecular complexity index is 222. The number of hydrogen-bond acceptors (Lipinski definition) is 3. The fourth-order valence-corrected chi connectivity index (χ4v) is 1.64. The molecule has 1 aliphatic heterocycles. The smallest absolute Gasteiger partial charge is 0.233 e. The largest absolute Gasteiger partial charge is 0.316 e. The summed E-state index contributed by atoms with van der Waals surface area (Å²) < 4.78 is 0. The summed E-state index contributed by atoms with van der Waals surface area (Å²) in [6, 6.07) is 0. The third-order valence-electron chi connectivity index (χ3n) is 2.58. The molecule has 1 rings (SSSR count). The van der Waals surface area contributed by atoms with Crippen molar-refractivity contribution in [2.24, 2.45) is 5.92 Å². The van der Waals surface area contributed by atoms with Crippen molar-refractivity contribution in [2.75, 3.05) is 20.1 Å². The van der Waals surface area contributed by atoms with Crippen molar-refractivity contribution in [1.29, 1.82) is 0 Å². The Morgan fingerprint density at radius 2 is 2.21 bits per heavy atom. The van der Waals surface area contributed by atoms with Crippen LogP contribution < -0.4 is 5.32 Å². The molecule has 2 amide bonds. The first-order valence-corrected chi connectivity index (χ1v) is 5.18. The van der Waals surface area contributed by atoms with Crippen LogP contribution in [0, 0.1) is 5.92 Å². The van der Waals surface area contributed by atoms with E-state index < -0.39 is 0 Å². The van der Waals surface area contributed by atoms with Gasteiger partial charge in [0, 0.05) is 20.0 Å². The summed E-state index contributed by atoms with van der Waals surface area (Å²) in [6.07, 6.45) is 2.10. The topological polar surface area (TPSA) is 49.4 Å². The first-order chi connectivity index (χ1) is 6.66. The monoisotopic (exact) mass is 198 g/mol. The van der Waals surface area contributed by atoms with Gasteiger partial charge in [0.2, 0.25) is 11.8 Å². The SMILES string of the molecule is CCCC(=O)N(C)C(=O)C1CCNC1. The molecule has 1 aliphatic rings. The summed E-state index contributed by atoms with van der Waals surface area (Å²) in [5, 5.41) is 3.12. The zero-order valence-corrected chi connectivity index (χ0v) is 8.88. The summed E-state index contributed by atoms with van der Waals surface area (Å²) >= 11 is 0. The minimum Gasteiger partial charge on any atom is -0.316 e. The zero-order valence-electron chi connectivity index (χ0n) is 8.88. The minimum absolute atomic E-state index is 0.000746. The molecule has 4 nitrogen and oxygen atoms in total. The van der Waals surface area contributed by atoms with E-state index in [1.54, 1.807) is 7.05 Å². The molecule has 80 valence electrons. The Hall–Kier alpha value is -0.900. The fraction of sp³-hybridized carbons (Fsp3) is 0.800. The molecule has 1 unspecified atom stereocenters. The van der Waals surface area contributed by atoms with E-state index in [1.165, 1.54) is 4.90 Å². The number of hydrogen-bond donors (Lipinski definition) is 1. The molecule has 0 aliphatic carbocycles. The second-order valence-corrected chi connectivity index (χ2v) is 3.73. The van der Waals surface area contributed by atoms with E-state index >= 15 is 0 Å². The Kier molecular flexibility index (Phi) is 4.07. The Morgan fingerprint density at radius 1 is 1.50 bits per heavy atom. The van der Waals surface area contributed by atoms with Crippen molar-refractivity contribution in [2.45, 2.75) is 26.2 Å². The molecule has 1 heterocycles. The average Bonchev–Trinajstić information content (AvgIpc) is 2.68. The van der Waals surface area contributed by atoms with Gasteiger partial charge in [0.1, 0.15) is 0 Å². The van der Waals surface area contributed by atoms with Gasteiger partial charge in [-0.3, -0.25) is 14.5 Å². The van der Waals surface area contributed by atoms with Crippen molar-refractivity contribution < 1.29 is 9.59 Å². The Labute approximate surface area is 84.7 Å². The van der Waals surface area contributed by atoms with Crippen molar-refractivity contribution in [3.05, 3.63) is 0 Å². The number of carbonyl (C=O) groups excluding carboxylic acids is 2. The highest BCUT2D eigenvalue weighted by molar-refractivity contribution is 5.96. The first-order valence-electron chi connectivity index (χ1n) is 5.18. The molecular weight excluding hydrogens is 180 g/mol. The number of nitrogens with zero attached hydrogens (tertiary/aromatic N) is 1. The maximum atomic E-state index is 11.7. The molecular formula is C10H18N2O2. The highest BCUT2D eigenvalue weighted by atomic mass is 16.2. The van der Waals surface area contributed by atoms with Gasteiger partial charge in [-0.05, 0) is 19.4 Å². The maximum absolute atomic E-state index is 11.7. The molecule has 1 atom stereocenters. The second kappa shape index (κ2) is 5.10. The molecule has 4 heteroatoms. The van der Waals surface area contributed by atoms with Crippen LogP contribution in [0.5, 0.6) is 0 Å². The fourth-order valence-electron chi connectivity index (χ4n) is 1.64. The second-order valence-electron chi connectivity index (χ2n) is 3.73. The van der Waals surface area contributed by atoms with Crippen LogP contribution in [0.1, 0.15) is 26.2 Å². The Balaban J connectivity index is 2.46. The Morgan fingerprint density at radius 3 is 2.71 bits per heavy atom. The van der Waals surface area contributed by atoms with Crippen LogP contribution in [-0.4, -0.2) is 36.9 Å². The minimum atomic E-state index is -0.0654. The first kappa shape index (κ1) is 11.2. The lowest BCUT2D eigenvalue weighted by Gasteiger charge is -2.18. The normalized spacial score (nSPS) is 20.9. The molecule has 1 fully saturated rings. The van der Waals surface area contributed by atoms with E-state index in [9.17, 15) is 9.59 Å². The molecule has 0 bridgehead atoms. The van der Waals surface area contributed by atoms with Crippen molar-refractivity contribution >= 4 is 11.8 Å². The lowest BCUT2D eigenvalue weighted by atomic mass is 10.1. The molecule has 0 radical (unpaired) electrons. The van der Waals surface area contributed by atoms with E-state index in [2.05, 4.69) is 5.32 Å². The molecule has 0 saturated carbocycles. The van der Waals surface area contributed by atoms with Gasteiger partial charge in [0.15, 0.2) is 0 Å². The van der Waals surface area contributed by atoms with Gasteiger partial charge in [0.25, 0.3) is 0 Å². The van der Waals surface area contributed by atoms with Crippen molar-refractivity contribution in [3.8, 4) is 0 Å². The number of imide groups is 1. The van der Waals surface area contributed by atoms with Crippen LogP contribution in [0.15, 0.2) is 0 Å². The number of carbonyl (C=O) groups is 2. The van der Waals surface area contributed by atoms with E-state index in [0.717, 1.165) is 19.4 Å². The third-order valence-corrected chi connectivity index (χ3v) is 2.58. The molecule has 0 aromatic carbocycles. The summed E-state index contributed by atoms with van der Waals surface area (Å²) in [7, 11) is 1.58. The van der Waals surface area contributed by atoms with Crippen LogP contribution in [0.4, 0.5) is 0 Å². The highest BCUT2D eigenvalue weighted by Gasteiger charge is 2.27. The van der Waals surface area contributed by atoms with Gasteiger partial charge < -0.3 is 5.32 Å². The lowest BCUT2D eigenvalue weighted by Crippen LogP contribution is -2.38. The van der Waals surface area contributed by atoms with Gasteiger partial charge in [-0.15, -0.1) is 0 Å². The average molecular weight is 198 g/mol. The molecule has 0 aromatic rings. The van der Waals surface area contributed by atoms with Crippen LogP contribution in [0.2, 0.25) is 0 Å². The molecule has 1 saturated heterocycles.